The molecule has 0 aliphatic carbocycles. The number of carbonyl (C=O) groups excluding carboxylic acids is 1. The Labute approximate surface area is 167 Å². The quantitative estimate of drug-likeness (QED) is 0.583. The van der Waals surface area contributed by atoms with Gasteiger partial charge in [-0.25, -0.2) is 8.42 Å². The highest BCUT2D eigenvalue weighted by molar-refractivity contribution is 7.92. The number of amides is 1. The number of hydrogen-bond acceptors (Lipinski definition) is 5. The summed E-state index contributed by atoms with van der Waals surface area (Å²) >= 11 is 5.95. The average molecular weight is 424 g/mol. The van der Waals surface area contributed by atoms with Crippen molar-refractivity contribution >= 4 is 38.9 Å². The molecule has 0 bridgehead atoms. The fraction of sp³-hybridized carbons (Fsp3) is 0.278. The highest BCUT2D eigenvalue weighted by Gasteiger charge is 2.23. The van der Waals surface area contributed by atoms with Gasteiger partial charge in [-0.15, -0.1) is 0 Å². The Morgan fingerprint density at radius 1 is 1.18 bits per heavy atom. The van der Waals surface area contributed by atoms with Gasteiger partial charge in [0.05, 0.1) is 14.8 Å². The Morgan fingerprint density at radius 3 is 2.36 bits per heavy atom. The molecule has 8 nitrogen and oxygen atoms in total. The summed E-state index contributed by atoms with van der Waals surface area (Å²) in [6.45, 7) is 2.89. The van der Waals surface area contributed by atoms with Crippen molar-refractivity contribution in [1.82, 2.24) is 4.90 Å². The molecule has 28 heavy (non-hydrogen) atoms. The van der Waals surface area contributed by atoms with Crippen LogP contribution in [-0.2, 0) is 10.0 Å². The number of halogens is 1. The van der Waals surface area contributed by atoms with Gasteiger partial charge in [0.1, 0.15) is 0 Å². The summed E-state index contributed by atoms with van der Waals surface area (Å²) in [5, 5.41) is 11.1. The summed E-state index contributed by atoms with van der Waals surface area (Å²) in [5.41, 5.74) is 0.519. The minimum absolute atomic E-state index is 0.0128. The number of sulfonamides is 1. The van der Waals surface area contributed by atoms with E-state index in [0.717, 1.165) is 38.1 Å². The second-order valence-electron chi connectivity index (χ2n) is 6.49. The van der Waals surface area contributed by atoms with E-state index in [-0.39, 0.29) is 32.8 Å². The van der Waals surface area contributed by atoms with Crippen molar-refractivity contribution in [3.8, 4) is 0 Å². The first-order valence-corrected chi connectivity index (χ1v) is 10.4. The molecule has 0 radical (unpaired) electrons. The van der Waals surface area contributed by atoms with Gasteiger partial charge in [-0.1, -0.05) is 11.6 Å². The summed E-state index contributed by atoms with van der Waals surface area (Å²) in [5.74, 6) is -0.0900. The number of rotatable bonds is 5. The van der Waals surface area contributed by atoms with Crippen molar-refractivity contribution < 1.29 is 18.1 Å². The molecule has 0 aromatic heterocycles. The third kappa shape index (κ3) is 4.10. The van der Waals surface area contributed by atoms with Crippen molar-refractivity contribution in [2.75, 3.05) is 17.8 Å². The van der Waals surface area contributed by atoms with E-state index in [9.17, 15) is 23.3 Å². The zero-order chi connectivity index (χ0) is 20.5. The summed E-state index contributed by atoms with van der Waals surface area (Å²) in [4.78, 5) is 24.2. The van der Waals surface area contributed by atoms with Crippen LogP contribution in [0.25, 0.3) is 0 Å². The van der Waals surface area contributed by atoms with Crippen molar-refractivity contribution in [1.29, 1.82) is 0 Å². The van der Waals surface area contributed by atoms with Gasteiger partial charge in [-0.2, -0.15) is 0 Å². The van der Waals surface area contributed by atoms with Crippen LogP contribution >= 0.6 is 11.6 Å². The zero-order valence-corrected chi connectivity index (χ0v) is 16.6. The first-order valence-electron chi connectivity index (χ1n) is 8.56. The van der Waals surface area contributed by atoms with Gasteiger partial charge in [-0.3, -0.25) is 19.6 Å². The Kier molecular flexibility index (Phi) is 5.57. The molecular weight excluding hydrogens is 406 g/mol. The number of likely N-dealkylation sites (tertiary alicyclic amines) is 1. The Balaban J connectivity index is 1.83. The highest BCUT2D eigenvalue weighted by Crippen LogP contribution is 2.30. The summed E-state index contributed by atoms with van der Waals surface area (Å²) in [7, 11) is -4.09. The van der Waals surface area contributed by atoms with Crippen LogP contribution in [0, 0.1) is 17.0 Å². The molecule has 1 aliphatic heterocycles. The maximum absolute atomic E-state index is 12.6. The summed E-state index contributed by atoms with van der Waals surface area (Å²) in [6, 6.07) is 8.18. The largest absolute Gasteiger partial charge is 0.339 e. The van der Waals surface area contributed by atoms with Crippen LogP contribution < -0.4 is 4.72 Å². The number of benzene rings is 2. The van der Waals surface area contributed by atoms with E-state index in [1.807, 2.05) is 0 Å². The lowest BCUT2D eigenvalue weighted by Gasteiger charge is -2.15. The molecular formula is C18H18ClN3O5S. The van der Waals surface area contributed by atoms with Crippen molar-refractivity contribution in [2.45, 2.75) is 24.7 Å². The molecule has 148 valence electrons. The SMILES string of the molecule is Cc1c(Cl)cc(S(=O)(=O)Nc2ccc(C(=O)N3CCCC3)cc2)cc1[N+](=O)[O-]. The van der Waals surface area contributed by atoms with Crippen LogP contribution in [0.5, 0.6) is 0 Å². The van der Waals surface area contributed by atoms with Gasteiger partial charge in [-0.05, 0) is 50.1 Å². The van der Waals surface area contributed by atoms with Crippen LogP contribution in [0.4, 0.5) is 11.4 Å². The van der Waals surface area contributed by atoms with E-state index < -0.39 is 14.9 Å². The normalized spacial score (nSPS) is 14.1. The van der Waals surface area contributed by atoms with Crippen LogP contribution in [0.2, 0.25) is 5.02 Å². The van der Waals surface area contributed by atoms with Gasteiger partial charge in [0.15, 0.2) is 0 Å². The van der Waals surface area contributed by atoms with E-state index in [2.05, 4.69) is 4.72 Å². The molecule has 2 aromatic rings. The maximum atomic E-state index is 12.6. The number of anilines is 1. The Morgan fingerprint density at radius 2 is 1.79 bits per heavy atom. The number of nitrogens with zero attached hydrogens (tertiary/aromatic N) is 2. The topological polar surface area (TPSA) is 110 Å². The lowest BCUT2D eigenvalue weighted by atomic mass is 10.2. The van der Waals surface area contributed by atoms with E-state index in [0.29, 0.717) is 5.56 Å². The van der Waals surface area contributed by atoms with E-state index >= 15 is 0 Å². The van der Waals surface area contributed by atoms with Gasteiger partial charge >= 0.3 is 0 Å². The lowest BCUT2D eigenvalue weighted by Crippen LogP contribution is -2.27. The van der Waals surface area contributed by atoms with Gasteiger partial charge < -0.3 is 4.90 Å². The van der Waals surface area contributed by atoms with Crippen molar-refractivity contribution in [3.05, 3.63) is 62.7 Å². The van der Waals surface area contributed by atoms with Gasteiger partial charge in [0, 0.05) is 36.0 Å². The fourth-order valence-electron chi connectivity index (χ4n) is 2.98. The van der Waals surface area contributed by atoms with Gasteiger partial charge in [0.2, 0.25) is 0 Å². The first-order chi connectivity index (χ1) is 13.2. The minimum atomic E-state index is -4.09. The molecule has 3 rings (SSSR count). The smallest absolute Gasteiger partial charge is 0.275 e. The van der Waals surface area contributed by atoms with Crippen LogP contribution in [0.1, 0.15) is 28.8 Å². The second-order valence-corrected chi connectivity index (χ2v) is 8.58. The molecule has 0 spiro atoms. The molecule has 1 aliphatic rings. The minimum Gasteiger partial charge on any atom is -0.339 e. The number of nitro benzene ring substituents is 1. The van der Waals surface area contributed by atoms with E-state index in [1.165, 1.54) is 19.1 Å². The summed E-state index contributed by atoms with van der Waals surface area (Å²) < 4.78 is 27.5. The molecule has 1 fully saturated rings. The molecule has 1 N–H and O–H groups in total. The predicted molar refractivity (Wildman–Crippen MR) is 105 cm³/mol. The van der Waals surface area contributed by atoms with Crippen LogP contribution in [0.3, 0.4) is 0 Å². The lowest BCUT2D eigenvalue weighted by molar-refractivity contribution is -0.385. The fourth-order valence-corrected chi connectivity index (χ4v) is 4.37. The Bertz CT molecular complexity index is 1030. The molecule has 0 atom stereocenters. The summed E-state index contributed by atoms with van der Waals surface area (Å²) in [6.07, 6.45) is 1.96. The molecule has 0 unspecified atom stereocenters. The van der Waals surface area contributed by atoms with E-state index in [4.69, 9.17) is 11.6 Å². The monoisotopic (exact) mass is 423 g/mol. The zero-order valence-electron chi connectivity index (χ0n) is 15.0. The number of carbonyl (C=O) groups is 1. The molecule has 1 amide bonds. The number of nitro groups is 1. The standard InChI is InChI=1S/C18H18ClN3O5S/c1-12-16(19)10-15(11-17(12)22(24)25)28(26,27)20-14-6-4-13(5-7-14)18(23)21-8-2-3-9-21/h4-7,10-11,20H,2-3,8-9H2,1H3. The molecule has 1 saturated heterocycles. The van der Waals surface area contributed by atoms with Crippen LogP contribution in [-0.4, -0.2) is 37.2 Å². The third-order valence-corrected chi connectivity index (χ3v) is 6.33. The predicted octanol–water partition coefficient (Wildman–Crippen LogP) is 3.59. The third-order valence-electron chi connectivity index (χ3n) is 4.57. The van der Waals surface area contributed by atoms with Gasteiger partial charge in [0.25, 0.3) is 21.6 Å². The number of hydrogen-bond donors (Lipinski definition) is 1. The molecule has 1 heterocycles. The van der Waals surface area contributed by atoms with Crippen LogP contribution in [0.15, 0.2) is 41.3 Å². The van der Waals surface area contributed by atoms with Crippen molar-refractivity contribution in [2.24, 2.45) is 0 Å². The second kappa shape index (κ2) is 7.76. The molecule has 2 aromatic carbocycles. The van der Waals surface area contributed by atoms with Crippen molar-refractivity contribution in [3.63, 3.8) is 0 Å². The first kappa shape index (κ1) is 20.1. The average Bonchev–Trinajstić information content (AvgIpc) is 3.18. The Hall–Kier alpha value is -2.65. The molecule has 0 saturated carbocycles. The maximum Gasteiger partial charge on any atom is 0.275 e. The van der Waals surface area contributed by atoms with E-state index in [1.54, 1.807) is 17.0 Å². The highest BCUT2D eigenvalue weighted by atomic mass is 35.5. The number of nitrogens with one attached hydrogen (secondary N) is 1. The molecule has 10 heteroatoms.